The zero-order valence-corrected chi connectivity index (χ0v) is 24.3. The van der Waals surface area contributed by atoms with Gasteiger partial charge in [0.2, 0.25) is 0 Å². The quantitative estimate of drug-likeness (QED) is 0.135. The molecule has 0 amide bonds. The summed E-state index contributed by atoms with van der Waals surface area (Å²) in [7, 11) is 0. The van der Waals surface area contributed by atoms with Gasteiger partial charge in [0.25, 0.3) is 0 Å². The van der Waals surface area contributed by atoms with Gasteiger partial charge in [0.05, 0.1) is 0 Å². The molecule has 0 unspecified atom stereocenters. The van der Waals surface area contributed by atoms with Gasteiger partial charge in [-0.2, -0.15) is 154 Å². The molecule has 0 bridgehead atoms. The SMILES string of the molecule is CC(C)C(F)(F)C(F)(F)C(F)(F)C(F)(F)C(F)(F)C(F)(F)C(F)(F)C(F)(F)C(F)(F)C(F)(F)C(F)(F)C(F)(F)C(F)(F)C(F)(F)C(F)(F)C(F)(F)C(F)(F)F. The van der Waals surface area contributed by atoms with Crippen molar-refractivity contribution >= 4 is 0 Å². The summed E-state index contributed by atoms with van der Waals surface area (Å²) in [6.07, 6.45) is -8.42. The summed E-state index contributed by atoms with van der Waals surface area (Å²) in [5, 5.41) is 0. The number of alkyl halides is 35. The molecule has 0 saturated carbocycles. The maximum Gasteiger partial charge on any atom is 0.460 e. The second kappa shape index (κ2) is 12.5. The van der Waals surface area contributed by atoms with Crippen LogP contribution in [-0.2, 0) is 0 Å². The van der Waals surface area contributed by atoms with Crippen LogP contribution < -0.4 is 0 Å². The van der Waals surface area contributed by atoms with E-state index < -0.39 is 121 Å². The van der Waals surface area contributed by atoms with Gasteiger partial charge in [0.15, 0.2) is 0 Å². The Balaban J connectivity index is 7.82. The van der Waals surface area contributed by atoms with E-state index in [9.17, 15) is 154 Å². The fraction of sp³-hybridized carbons (Fsp3) is 1.00. The van der Waals surface area contributed by atoms with E-state index in [1.165, 1.54) is 0 Å². The van der Waals surface area contributed by atoms with Gasteiger partial charge in [-0.1, -0.05) is 13.8 Å². The lowest BCUT2D eigenvalue weighted by molar-refractivity contribution is -0.492. The van der Waals surface area contributed by atoms with Crippen molar-refractivity contribution in [3.8, 4) is 0 Å². The Morgan fingerprint density at radius 3 is 0.400 bits per heavy atom. The van der Waals surface area contributed by atoms with Gasteiger partial charge in [-0.05, 0) is 0 Å². The Morgan fingerprint density at radius 1 is 0.182 bits per heavy atom. The van der Waals surface area contributed by atoms with E-state index in [2.05, 4.69) is 0 Å². The first-order valence-corrected chi connectivity index (χ1v) is 12.1. The van der Waals surface area contributed by atoms with Crippen molar-refractivity contribution in [3.63, 3.8) is 0 Å². The molecule has 0 saturated heterocycles. The molecule has 0 aliphatic heterocycles. The molecule has 0 heterocycles. The standard InChI is InChI=1S/C20H7F35/c1-3(2)4(21,22)5(23,24)6(25,26)7(27,28)8(29,30)9(31,32)10(33,34)11(35,36)12(37,38)13(39,40)14(41,42)15(43,44)16(45,46)17(47,48)18(49,50)19(51,52)20(53,54)55/h3H,1-2H3. The molecule has 0 aliphatic carbocycles. The van der Waals surface area contributed by atoms with Crippen LogP contribution in [-0.4, -0.2) is 101 Å². The predicted octanol–water partition coefficient (Wildman–Crippen LogP) is 12.4. The fourth-order valence-electron chi connectivity index (χ4n) is 3.31. The molecule has 0 spiro atoms. The summed E-state index contributed by atoms with van der Waals surface area (Å²) in [6.45, 7) is -0.822. The van der Waals surface area contributed by atoms with Crippen LogP contribution in [0.25, 0.3) is 0 Å². The molecule has 0 N–H and O–H groups in total. The van der Waals surface area contributed by atoms with E-state index >= 15 is 0 Å². The summed E-state index contributed by atoms with van der Waals surface area (Å²) in [6, 6.07) is 0. The molecule has 0 aromatic carbocycles. The topological polar surface area (TPSA) is 0 Å². The molecule has 55 heavy (non-hydrogen) atoms. The number of halogens is 35. The third kappa shape index (κ3) is 5.81. The van der Waals surface area contributed by atoms with Crippen molar-refractivity contribution in [1.82, 2.24) is 0 Å². The van der Waals surface area contributed by atoms with Crippen LogP contribution in [0.1, 0.15) is 13.8 Å². The summed E-state index contributed by atoms with van der Waals surface area (Å²) >= 11 is 0. The summed E-state index contributed by atoms with van der Waals surface area (Å²) in [4.78, 5) is 0. The zero-order chi connectivity index (χ0) is 46.1. The van der Waals surface area contributed by atoms with Crippen LogP contribution in [0.2, 0.25) is 0 Å². The van der Waals surface area contributed by atoms with Gasteiger partial charge in [0, 0.05) is 5.92 Å². The Labute approximate surface area is 275 Å². The number of hydrogen-bond acceptors (Lipinski definition) is 0. The van der Waals surface area contributed by atoms with Crippen LogP contribution >= 0.6 is 0 Å². The fourth-order valence-corrected chi connectivity index (χ4v) is 3.31. The largest absolute Gasteiger partial charge is 0.460 e. The highest BCUT2D eigenvalue weighted by molar-refractivity contribution is 5.22. The van der Waals surface area contributed by atoms with Crippen molar-refractivity contribution in [2.24, 2.45) is 5.92 Å². The Morgan fingerprint density at radius 2 is 0.291 bits per heavy atom. The molecular weight excluding hydrogens is 905 g/mol. The molecule has 35 heteroatoms. The van der Waals surface area contributed by atoms with E-state index in [1.807, 2.05) is 0 Å². The van der Waals surface area contributed by atoms with Crippen LogP contribution in [0.5, 0.6) is 0 Å². The Kier molecular flexibility index (Phi) is 12.0. The van der Waals surface area contributed by atoms with Gasteiger partial charge in [-0.25, -0.2) is 0 Å². The van der Waals surface area contributed by atoms with E-state index in [0.717, 1.165) is 0 Å². The molecule has 0 aliphatic rings. The Hall–Kier alpha value is -2.45. The summed E-state index contributed by atoms with van der Waals surface area (Å²) in [5.74, 6) is -157. The molecule has 0 radical (unpaired) electrons. The van der Waals surface area contributed by atoms with Gasteiger partial charge >= 0.3 is 101 Å². The number of hydrogen-bond donors (Lipinski definition) is 0. The minimum absolute atomic E-state index is 0.411. The van der Waals surface area contributed by atoms with Crippen molar-refractivity contribution in [2.45, 2.75) is 115 Å². The second-order valence-electron chi connectivity index (χ2n) is 10.9. The first kappa shape index (κ1) is 52.6. The van der Waals surface area contributed by atoms with Crippen molar-refractivity contribution in [3.05, 3.63) is 0 Å². The lowest BCUT2D eigenvalue weighted by Crippen LogP contribution is -2.80. The van der Waals surface area contributed by atoms with Crippen molar-refractivity contribution < 1.29 is 154 Å². The Bertz CT molecular complexity index is 1390. The molecule has 0 fully saturated rings. The van der Waals surface area contributed by atoms with Crippen LogP contribution in [0, 0.1) is 5.92 Å². The van der Waals surface area contributed by atoms with Crippen molar-refractivity contribution in [2.75, 3.05) is 0 Å². The molecule has 332 valence electrons. The number of rotatable bonds is 16. The maximum absolute atomic E-state index is 13.9. The van der Waals surface area contributed by atoms with E-state index in [4.69, 9.17) is 0 Å². The predicted molar refractivity (Wildman–Crippen MR) is 100 cm³/mol. The smallest absolute Gasteiger partial charge is 0.199 e. The molecule has 0 nitrogen and oxygen atoms in total. The van der Waals surface area contributed by atoms with E-state index in [-0.39, 0.29) is 0 Å². The highest BCUT2D eigenvalue weighted by Crippen LogP contribution is 2.70. The van der Waals surface area contributed by atoms with Gasteiger partial charge in [0.1, 0.15) is 0 Å². The van der Waals surface area contributed by atoms with Crippen LogP contribution in [0.3, 0.4) is 0 Å². The first-order chi connectivity index (χ1) is 22.9. The highest BCUT2D eigenvalue weighted by Gasteiger charge is 3.02. The highest BCUT2D eigenvalue weighted by atomic mass is 19.4. The molecule has 0 aromatic rings. The molecular formula is C20H7F35. The van der Waals surface area contributed by atoms with Gasteiger partial charge in [-0.15, -0.1) is 0 Å². The van der Waals surface area contributed by atoms with Crippen molar-refractivity contribution in [1.29, 1.82) is 0 Å². The van der Waals surface area contributed by atoms with E-state index in [1.54, 1.807) is 0 Å². The maximum atomic E-state index is 13.9. The second-order valence-corrected chi connectivity index (χ2v) is 10.9. The minimum Gasteiger partial charge on any atom is -0.199 e. The lowest BCUT2D eigenvalue weighted by atomic mass is 9.82. The monoisotopic (exact) mass is 912 g/mol. The summed E-state index contributed by atoms with van der Waals surface area (Å²) in [5.41, 5.74) is 0. The average molecular weight is 912 g/mol. The third-order valence-corrected chi connectivity index (χ3v) is 7.02. The van der Waals surface area contributed by atoms with Crippen LogP contribution in [0.15, 0.2) is 0 Å². The normalized spacial score (nSPS) is 17.3. The van der Waals surface area contributed by atoms with E-state index in [0.29, 0.717) is 0 Å². The molecule has 0 atom stereocenters. The first-order valence-electron chi connectivity index (χ1n) is 12.1. The molecule has 0 aromatic heterocycles. The van der Waals surface area contributed by atoms with Gasteiger partial charge < -0.3 is 0 Å². The van der Waals surface area contributed by atoms with Crippen LogP contribution in [0.4, 0.5) is 154 Å². The van der Waals surface area contributed by atoms with Gasteiger partial charge in [-0.3, -0.25) is 0 Å². The third-order valence-electron chi connectivity index (χ3n) is 7.02. The zero-order valence-electron chi connectivity index (χ0n) is 24.3. The summed E-state index contributed by atoms with van der Waals surface area (Å²) < 4.78 is 473. The molecule has 0 rings (SSSR count). The minimum atomic E-state index is -10.3. The lowest BCUT2D eigenvalue weighted by Gasteiger charge is -2.47. The average Bonchev–Trinajstić information content (AvgIpc) is 2.94.